The fraction of sp³-hybridized carbons (Fsp3) is 0.350. The smallest absolute Gasteiger partial charge is 0.253 e. The molecule has 1 amide bonds. The molecule has 0 saturated carbocycles. The van der Waals surface area contributed by atoms with Crippen LogP contribution in [0.25, 0.3) is 0 Å². The number of rotatable bonds is 5. The number of para-hydroxylation sites is 1. The van der Waals surface area contributed by atoms with Gasteiger partial charge < -0.3 is 5.32 Å². The number of aryl methyl sites for hydroxylation is 3. The zero-order valence-electron chi connectivity index (χ0n) is 16.1. The zero-order valence-corrected chi connectivity index (χ0v) is 16.9. The average molecular weight is 375 g/mol. The molecule has 140 valence electrons. The van der Waals surface area contributed by atoms with Gasteiger partial charge in [0.05, 0.1) is 23.5 Å². The fourth-order valence-electron chi connectivity index (χ4n) is 2.92. The maximum absolute atomic E-state index is 12.8. The predicted octanol–water partition coefficient (Wildman–Crippen LogP) is 3.50. The summed E-state index contributed by atoms with van der Waals surface area (Å²) in [5.74, 6) is -0.304. The molecule has 0 unspecified atom stereocenters. The standard InChI is InChI=1S/C20H26N2O3S/c1-13-11-15(3)18(12-14(13)2)16(4)21-20(23)17-9-7-8-10-19(17)22(5)26(6,24)25/h7-12,16H,1-6H3,(H,21,23)/t16-/m1/s1. The number of hydrogen-bond acceptors (Lipinski definition) is 3. The summed E-state index contributed by atoms with van der Waals surface area (Å²) in [6, 6.07) is 10.7. The second-order valence-corrected chi connectivity index (χ2v) is 8.75. The van der Waals surface area contributed by atoms with Crippen molar-refractivity contribution in [2.24, 2.45) is 0 Å². The number of nitrogens with zero attached hydrogens (tertiary/aromatic N) is 1. The summed E-state index contributed by atoms with van der Waals surface area (Å²) in [6.07, 6.45) is 1.11. The van der Waals surface area contributed by atoms with Crippen LogP contribution in [0.15, 0.2) is 36.4 Å². The van der Waals surface area contributed by atoms with Crippen LogP contribution in [0.2, 0.25) is 0 Å². The summed E-state index contributed by atoms with van der Waals surface area (Å²) in [5.41, 5.74) is 5.23. The highest BCUT2D eigenvalue weighted by molar-refractivity contribution is 7.92. The van der Waals surface area contributed by atoms with E-state index in [1.807, 2.05) is 20.8 Å². The molecule has 0 spiro atoms. The SMILES string of the molecule is Cc1cc(C)c([C@@H](C)NC(=O)c2ccccc2N(C)S(C)(=O)=O)cc1C. The summed E-state index contributed by atoms with van der Waals surface area (Å²) in [5, 5.41) is 2.99. The number of hydrogen-bond donors (Lipinski definition) is 1. The van der Waals surface area contributed by atoms with Crippen molar-refractivity contribution in [3.63, 3.8) is 0 Å². The molecule has 1 N–H and O–H groups in total. The Labute approximate surface area is 156 Å². The Bertz CT molecular complexity index is 936. The van der Waals surface area contributed by atoms with Crippen LogP contribution in [-0.4, -0.2) is 27.6 Å². The maximum Gasteiger partial charge on any atom is 0.253 e. The number of sulfonamides is 1. The summed E-state index contributed by atoms with van der Waals surface area (Å²) in [4.78, 5) is 12.8. The minimum atomic E-state index is -3.46. The van der Waals surface area contributed by atoms with E-state index in [9.17, 15) is 13.2 Å². The van der Waals surface area contributed by atoms with Gasteiger partial charge in [-0.2, -0.15) is 0 Å². The molecular formula is C20H26N2O3S. The van der Waals surface area contributed by atoms with E-state index in [1.165, 1.54) is 18.2 Å². The lowest BCUT2D eigenvalue weighted by molar-refractivity contribution is 0.0940. The average Bonchev–Trinajstić information content (AvgIpc) is 2.56. The van der Waals surface area contributed by atoms with Crippen molar-refractivity contribution in [2.45, 2.75) is 33.7 Å². The fourth-order valence-corrected chi connectivity index (χ4v) is 3.44. The van der Waals surface area contributed by atoms with Crippen LogP contribution in [0.3, 0.4) is 0 Å². The van der Waals surface area contributed by atoms with Gasteiger partial charge in [0.25, 0.3) is 5.91 Å². The third-order valence-electron chi connectivity index (χ3n) is 4.68. The van der Waals surface area contributed by atoms with Crippen LogP contribution in [0.4, 0.5) is 5.69 Å². The zero-order chi connectivity index (χ0) is 19.6. The molecule has 5 nitrogen and oxygen atoms in total. The largest absolute Gasteiger partial charge is 0.345 e. The molecule has 2 aromatic rings. The van der Waals surface area contributed by atoms with E-state index in [0.29, 0.717) is 11.3 Å². The molecule has 0 fully saturated rings. The van der Waals surface area contributed by atoms with Gasteiger partial charge in [-0.05, 0) is 62.1 Å². The Morgan fingerprint density at radius 1 is 1.04 bits per heavy atom. The van der Waals surface area contributed by atoms with Gasteiger partial charge in [0.15, 0.2) is 0 Å². The number of benzene rings is 2. The molecule has 2 aromatic carbocycles. The highest BCUT2D eigenvalue weighted by atomic mass is 32.2. The number of amides is 1. The molecule has 1 atom stereocenters. The van der Waals surface area contributed by atoms with Gasteiger partial charge in [-0.3, -0.25) is 9.10 Å². The summed E-state index contributed by atoms with van der Waals surface area (Å²) >= 11 is 0. The van der Waals surface area contributed by atoms with Gasteiger partial charge in [-0.1, -0.05) is 24.3 Å². The molecule has 0 bridgehead atoms. The lowest BCUT2D eigenvalue weighted by Gasteiger charge is -2.22. The molecule has 0 saturated heterocycles. The maximum atomic E-state index is 12.8. The van der Waals surface area contributed by atoms with E-state index >= 15 is 0 Å². The topological polar surface area (TPSA) is 66.5 Å². The van der Waals surface area contributed by atoms with Crippen molar-refractivity contribution in [1.82, 2.24) is 5.32 Å². The molecule has 0 aliphatic rings. The predicted molar refractivity (Wildman–Crippen MR) is 106 cm³/mol. The van der Waals surface area contributed by atoms with E-state index in [4.69, 9.17) is 0 Å². The summed E-state index contributed by atoms with van der Waals surface area (Å²) < 4.78 is 24.8. The quantitative estimate of drug-likeness (QED) is 0.871. The van der Waals surface area contributed by atoms with Gasteiger partial charge in [0.2, 0.25) is 10.0 Å². The second kappa shape index (κ2) is 7.50. The number of carbonyl (C=O) groups excluding carboxylic acids is 1. The van der Waals surface area contributed by atoms with Gasteiger partial charge in [0, 0.05) is 7.05 Å². The molecule has 0 radical (unpaired) electrons. The Balaban J connectivity index is 2.33. The molecular weight excluding hydrogens is 348 g/mol. The normalized spacial score (nSPS) is 12.5. The van der Waals surface area contributed by atoms with Crippen LogP contribution in [0.5, 0.6) is 0 Å². The second-order valence-electron chi connectivity index (χ2n) is 6.74. The highest BCUT2D eigenvalue weighted by Crippen LogP contribution is 2.25. The van der Waals surface area contributed by atoms with Gasteiger partial charge >= 0.3 is 0 Å². The van der Waals surface area contributed by atoms with Crippen molar-refractivity contribution < 1.29 is 13.2 Å². The Morgan fingerprint density at radius 3 is 2.23 bits per heavy atom. The first-order valence-electron chi connectivity index (χ1n) is 8.44. The molecule has 26 heavy (non-hydrogen) atoms. The van der Waals surface area contributed by atoms with Crippen molar-refractivity contribution in [3.8, 4) is 0 Å². The van der Waals surface area contributed by atoms with Crippen LogP contribution in [-0.2, 0) is 10.0 Å². The molecule has 0 aliphatic carbocycles. The minimum Gasteiger partial charge on any atom is -0.345 e. The van der Waals surface area contributed by atoms with E-state index in [1.54, 1.807) is 24.3 Å². The van der Waals surface area contributed by atoms with Crippen LogP contribution >= 0.6 is 0 Å². The van der Waals surface area contributed by atoms with E-state index < -0.39 is 10.0 Å². The number of carbonyl (C=O) groups is 1. The Hall–Kier alpha value is -2.34. The van der Waals surface area contributed by atoms with Gasteiger partial charge in [0.1, 0.15) is 0 Å². The molecule has 0 aromatic heterocycles. The van der Waals surface area contributed by atoms with Crippen molar-refractivity contribution in [3.05, 3.63) is 64.2 Å². The van der Waals surface area contributed by atoms with Gasteiger partial charge in [-0.15, -0.1) is 0 Å². The lowest BCUT2D eigenvalue weighted by atomic mass is 9.96. The Kier molecular flexibility index (Phi) is 5.76. The Morgan fingerprint density at radius 2 is 1.62 bits per heavy atom. The third kappa shape index (κ3) is 4.25. The van der Waals surface area contributed by atoms with Gasteiger partial charge in [-0.25, -0.2) is 8.42 Å². The number of nitrogens with one attached hydrogen (secondary N) is 1. The molecule has 6 heteroatoms. The first-order chi connectivity index (χ1) is 12.0. The monoisotopic (exact) mass is 374 g/mol. The van der Waals surface area contributed by atoms with Crippen LogP contribution in [0.1, 0.15) is 45.6 Å². The van der Waals surface area contributed by atoms with E-state index in [2.05, 4.69) is 24.4 Å². The lowest BCUT2D eigenvalue weighted by Crippen LogP contribution is -2.31. The van der Waals surface area contributed by atoms with E-state index in [-0.39, 0.29) is 11.9 Å². The molecule has 0 aliphatic heterocycles. The minimum absolute atomic E-state index is 0.196. The van der Waals surface area contributed by atoms with Crippen LogP contribution in [0, 0.1) is 20.8 Å². The van der Waals surface area contributed by atoms with Crippen molar-refractivity contribution in [1.29, 1.82) is 0 Å². The molecule has 0 heterocycles. The van der Waals surface area contributed by atoms with Crippen molar-refractivity contribution >= 4 is 21.6 Å². The molecule has 2 rings (SSSR count). The summed E-state index contributed by atoms with van der Waals surface area (Å²) in [6.45, 7) is 8.06. The third-order valence-corrected chi connectivity index (χ3v) is 5.87. The highest BCUT2D eigenvalue weighted by Gasteiger charge is 2.21. The van der Waals surface area contributed by atoms with Crippen molar-refractivity contribution in [2.75, 3.05) is 17.6 Å². The first-order valence-corrected chi connectivity index (χ1v) is 10.3. The van der Waals surface area contributed by atoms with E-state index in [0.717, 1.165) is 21.7 Å². The number of anilines is 1. The summed E-state index contributed by atoms with van der Waals surface area (Å²) in [7, 11) is -2.01. The van der Waals surface area contributed by atoms with Crippen LogP contribution < -0.4 is 9.62 Å². The first kappa shape index (κ1) is 20.0.